The molecule has 6 heteroatoms. The molecule has 2 aromatic carbocycles. The fraction of sp³-hybridized carbons (Fsp3) is 0.188. The summed E-state index contributed by atoms with van der Waals surface area (Å²) in [7, 11) is 0. The molecule has 0 saturated carbocycles. The van der Waals surface area contributed by atoms with Crippen molar-refractivity contribution in [2.75, 3.05) is 5.32 Å². The number of amides is 1. The van der Waals surface area contributed by atoms with Crippen molar-refractivity contribution in [3.05, 3.63) is 65.5 Å². The molecule has 0 heterocycles. The zero-order valence-corrected chi connectivity index (χ0v) is 11.5. The summed E-state index contributed by atoms with van der Waals surface area (Å²) in [6.07, 6.45) is -4.30. The van der Waals surface area contributed by atoms with Gasteiger partial charge in [-0.05, 0) is 36.2 Å². The average Bonchev–Trinajstić information content (AvgIpc) is 2.46. The minimum atomic E-state index is -4.46. The van der Waals surface area contributed by atoms with Crippen LogP contribution in [0.4, 0.5) is 23.2 Å². The molecule has 0 aromatic heterocycles. The van der Waals surface area contributed by atoms with Crippen LogP contribution >= 0.6 is 0 Å². The molecule has 0 saturated heterocycles. The number of rotatable bonds is 4. The number of halogens is 4. The fourth-order valence-corrected chi connectivity index (χ4v) is 1.95. The summed E-state index contributed by atoms with van der Waals surface area (Å²) < 4.78 is 51.1. The van der Waals surface area contributed by atoms with Gasteiger partial charge < -0.3 is 5.32 Å². The molecule has 1 amide bonds. The van der Waals surface area contributed by atoms with Crippen LogP contribution in [-0.4, -0.2) is 5.91 Å². The highest BCUT2D eigenvalue weighted by Gasteiger charge is 2.30. The normalized spacial score (nSPS) is 11.3. The predicted molar refractivity (Wildman–Crippen MR) is 74.8 cm³/mol. The monoisotopic (exact) mass is 311 g/mol. The number of alkyl halides is 3. The van der Waals surface area contributed by atoms with Crippen molar-refractivity contribution in [3.8, 4) is 0 Å². The number of nitrogens with one attached hydrogen (secondary N) is 1. The molecule has 0 spiro atoms. The minimum absolute atomic E-state index is 0.0167. The van der Waals surface area contributed by atoms with Gasteiger partial charge in [-0.1, -0.05) is 24.3 Å². The third-order valence-corrected chi connectivity index (χ3v) is 3.05. The second-order valence-corrected chi connectivity index (χ2v) is 4.72. The second-order valence-electron chi connectivity index (χ2n) is 4.72. The van der Waals surface area contributed by atoms with Gasteiger partial charge in [-0.3, -0.25) is 4.79 Å². The van der Waals surface area contributed by atoms with E-state index in [-0.39, 0.29) is 18.5 Å². The topological polar surface area (TPSA) is 29.1 Å². The molecule has 1 N–H and O–H groups in total. The first-order valence-corrected chi connectivity index (χ1v) is 6.57. The molecular weight excluding hydrogens is 298 g/mol. The van der Waals surface area contributed by atoms with Gasteiger partial charge in [0.25, 0.3) is 0 Å². The van der Waals surface area contributed by atoms with E-state index in [9.17, 15) is 22.4 Å². The van der Waals surface area contributed by atoms with E-state index in [1.807, 2.05) is 0 Å². The Bertz CT molecular complexity index is 667. The van der Waals surface area contributed by atoms with E-state index in [0.717, 1.165) is 12.1 Å². The highest BCUT2D eigenvalue weighted by Crippen LogP contribution is 2.30. The summed E-state index contributed by atoms with van der Waals surface area (Å²) in [5.41, 5.74) is -0.380. The van der Waals surface area contributed by atoms with Crippen LogP contribution in [0, 0.1) is 5.82 Å². The zero-order valence-electron chi connectivity index (χ0n) is 11.5. The van der Waals surface area contributed by atoms with Gasteiger partial charge in [-0.25, -0.2) is 4.39 Å². The molecular formula is C16H13F4NO. The van der Waals surface area contributed by atoms with E-state index in [0.29, 0.717) is 5.56 Å². The number of carbonyl (C=O) groups is 1. The lowest BCUT2D eigenvalue weighted by Crippen LogP contribution is -2.13. The van der Waals surface area contributed by atoms with Crippen molar-refractivity contribution in [1.82, 2.24) is 0 Å². The van der Waals surface area contributed by atoms with E-state index < -0.39 is 23.5 Å². The van der Waals surface area contributed by atoms with E-state index in [2.05, 4.69) is 5.32 Å². The van der Waals surface area contributed by atoms with Crippen LogP contribution in [0.3, 0.4) is 0 Å². The lowest BCUT2D eigenvalue weighted by atomic mass is 10.1. The van der Waals surface area contributed by atoms with Crippen molar-refractivity contribution >= 4 is 11.6 Å². The van der Waals surface area contributed by atoms with Gasteiger partial charge in [0.05, 0.1) is 5.56 Å². The number of carbonyl (C=O) groups excluding carboxylic acids is 1. The van der Waals surface area contributed by atoms with Crippen molar-refractivity contribution in [1.29, 1.82) is 0 Å². The summed E-state index contributed by atoms with van der Waals surface area (Å²) in [5.74, 6) is -0.878. The number of hydrogen-bond donors (Lipinski definition) is 1. The average molecular weight is 311 g/mol. The van der Waals surface area contributed by atoms with Crippen LogP contribution in [0.1, 0.15) is 17.5 Å². The van der Waals surface area contributed by atoms with E-state index in [4.69, 9.17) is 0 Å². The predicted octanol–water partition coefficient (Wildman–Crippen LogP) is 4.42. The second kappa shape index (κ2) is 6.60. The quantitative estimate of drug-likeness (QED) is 0.832. The molecule has 0 aliphatic carbocycles. The Labute approximate surface area is 124 Å². The van der Waals surface area contributed by atoms with Gasteiger partial charge >= 0.3 is 6.18 Å². The molecule has 0 radical (unpaired) electrons. The van der Waals surface area contributed by atoms with Crippen molar-refractivity contribution < 1.29 is 22.4 Å². The van der Waals surface area contributed by atoms with Crippen LogP contribution in [0.2, 0.25) is 0 Å². The molecule has 0 atom stereocenters. The maximum Gasteiger partial charge on any atom is 0.416 e. The zero-order chi connectivity index (χ0) is 16.2. The lowest BCUT2D eigenvalue weighted by molar-refractivity contribution is -0.137. The molecule has 22 heavy (non-hydrogen) atoms. The van der Waals surface area contributed by atoms with E-state index in [1.165, 1.54) is 18.2 Å². The SMILES string of the molecule is O=C(CCc1ccccc1F)Nc1cccc(C(F)(F)F)c1. The Hall–Kier alpha value is -2.37. The summed E-state index contributed by atoms with van der Waals surface area (Å²) >= 11 is 0. The molecule has 0 aliphatic rings. The third-order valence-electron chi connectivity index (χ3n) is 3.05. The molecule has 2 rings (SSSR count). The number of hydrogen-bond acceptors (Lipinski definition) is 1. The van der Waals surface area contributed by atoms with Gasteiger partial charge in [0, 0.05) is 12.1 Å². The summed E-state index contributed by atoms with van der Waals surface area (Å²) in [6, 6.07) is 10.4. The summed E-state index contributed by atoms with van der Waals surface area (Å²) in [4.78, 5) is 11.7. The van der Waals surface area contributed by atoms with Crippen LogP contribution < -0.4 is 5.32 Å². The highest BCUT2D eigenvalue weighted by atomic mass is 19.4. The Morgan fingerprint density at radius 3 is 2.45 bits per heavy atom. The van der Waals surface area contributed by atoms with E-state index >= 15 is 0 Å². The van der Waals surface area contributed by atoms with Gasteiger partial charge in [0.1, 0.15) is 5.82 Å². The fourth-order valence-electron chi connectivity index (χ4n) is 1.95. The Balaban J connectivity index is 1.97. The van der Waals surface area contributed by atoms with Gasteiger partial charge in [0.2, 0.25) is 5.91 Å². The molecule has 2 aromatic rings. The number of benzene rings is 2. The molecule has 0 aliphatic heterocycles. The third kappa shape index (κ3) is 4.31. The standard InChI is InChI=1S/C16H13F4NO/c17-14-7-2-1-4-11(14)8-9-15(22)21-13-6-3-5-12(10-13)16(18,19)20/h1-7,10H,8-9H2,(H,21,22). The minimum Gasteiger partial charge on any atom is -0.326 e. The first-order valence-electron chi connectivity index (χ1n) is 6.57. The maximum absolute atomic E-state index is 13.4. The van der Waals surface area contributed by atoms with Gasteiger partial charge in [-0.2, -0.15) is 13.2 Å². The molecule has 0 fully saturated rings. The maximum atomic E-state index is 13.4. The van der Waals surface area contributed by atoms with Gasteiger partial charge in [0.15, 0.2) is 0 Å². The number of aryl methyl sites for hydroxylation is 1. The first-order chi connectivity index (χ1) is 10.4. The highest BCUT2D eigenvalue weighted by molar-refractivity contribution is 5.90. The smallest absolute Gasteiger partial charge is 0.326 e. The largest absolute Gasteiger partial charge is 0.416 e. The van der Waals surface area contributed by atoms with Crippen molar-refractivity contribution in [2.45, 2.75) is 19.0 Å². The van der Waals surface area contributed by atoms with E-state index in [1.54, 1.807) is 18.2 Å². The molecule has 0 unspecified atom stereocenters. The van der Waals surface area contributed by atoms with Crippen LogP contribution in [0.5, 0.6) is 0 Å². The molecule has 116 valence electrons. The van der Waals surface area contributed by atoms with Crippen molar-refractivity contribution in [3.63, 3.8) is 0 Å². The summed E-state index contributed by atoms with van der Waals surface area (Å²) in [5, 5.41) is 2.38. The Morgan fingerprint density at radius 2 is 1.77 bits per heavy atom. The molecule has 0 bridgehead atoms. The van der Waals surface area contributed by atoms with Crippen LogP contribution in [0.15, 0.2) is 48.5 Å². The number of anilines is 1. The molecule has 2 nitrogen and oxygen atoms in total. The van der Waals surface area contributed by atoms with Crippen LogP contribution in [0.25, 0.3) is 0 Å². The Kier molecular flexibility index (Phi) is 4.80. The van der Waals surface area contributed by atoms with Crippen LogP contribution in [-0.2, 0) is 17.4 Å². The lowest BCUT2D eigenvalue weighted by Gasteiger charge is -2.10. The Morgan fingerprint density at radius 1 is 1.05 bits per heavy atom. The summed E-state index contributed by atoms with van der Waals surface area (Å²) in [6.45, 7) is 0. The van der Waals surface area contributed by atoms with Crippen molar-refractivity contribution in [2.24, 2.45) is 0 Å². The van der Waals surface area contributed by atoms with Gasteiger partial charge in [-0.15, -0.1) is 0 Å². The first kappa shape index (κ1) is 16.0.